The number of fused-ring (bicyclic) bond motifs is 3. The van der Waals surface area contributed by atoms with Crippen molar-refractivity contribution in [3.8, 4) is 18.2 Å². The Morgan fingerprint density at radius 1 is 0.489 bits per heavy atom. The van der Waals surface area contributed by atoms with Gasteiger partial charge in [-0.1, -0.05) is 28.2 Å². The van der Waals surface area contributed by atoms with Crippen LogP contribution in [0, 0.1) is 69.5 Å². The molecule has 3 unspecified atom stereocenters. The van der Waals surface area contributed by atoms with Crippen molar-refractivity contribution >= 4 is 67.9 Å². The summed E-state index contributed by atoms with van der Waals surface area (Å²) in [5.74, 6) is 2.11. The molecule has 0 radical (unpaired) electrons. The zero-order valence-electron chi connectivity index (χ0n) is 51.2. The van der Waals surface area contributed by atoms with Gasteiger partial charge in [-0.25, -0.2) is 0 Å². The maximum Gasteiger partial charge on any atom is 0.303 e. The molecule has 0 spiro atoms. The predicted octanol–water partition coefficient (Wildman–Crippen LogP) is 6.68. The number of nitrogens with two attached hydrogens (primary N) is 1. The van der Waals surface area contributed by atoms with Gasteiger partial charge in [-0.3, -0.25) is 44.3 Å². The Kier molecular flexibility index (Phi) is 22.9. The number of carboxylic acid groups (broad SMARTS) is 1. The van der Waals surface area contributed by atoms with Gasteiger partial charge in [-0.05, 0) is 145 Å². The van der Waals surface area contributed by atoms with Gasteiger partial charge < -0.3 is 50.9 Å². The third-order valence-corrected chi connectivity index (χ3v) is 18.1. The first-order valence-electron chi connectivity index (χ1n) is 30.8. The number of anilines is 3. The molecule has 2 amide bonds. The summed E-state index contributed by atoms with van der Waals surface area (Å²) >= 11 is 0. The van der Waals surface area contributed by atoms with Gasteiger partial charge in [0.1, 0.15) is 51.3 Å². The maximum absolute atomic E-state index is 12.7. The molecule has 466 valence electrons. The lowest BCUT2D eigenvalue weighted by atomic mass is 9.94. The van der Waals surface area contributed by atoms with Crippen molar-refractivity contribution in [3.05, 3.63) is 90.3 Å². The van der Waals surface area contributed by atoms with Crippen molar-refractivity contribution < 1.29 is 19.5 Å². The van der Waals surface area contributed by atoms with Crippen LogP contribution in [0.5, 0.6) is 0 Å². The molecular weight excluding hydrogens is 1110 g/mol. The third-order valence-electron chi connectivity index (χ3n) is 18.1. The number of benzene rings is 3. The number of nitrogens with one attached hydrogen (secondary N) is 2. The van der Waals surface area contributed by atoms with Gasteiger partial charge in [0.25, 0.3) is 0 Å². The van der Waals surface area contributed by atoms with Gasteiger partial charge in [0.05, 0.1) is 45.8 Å². The smallest absolute Gasteiger partial charge is 0.303 e. The third kappa shape index (κ3) is 16.5. The van der Waals surface area contributed by atoms with E-state index in [-0.39, 0.29) is 37.4 Å². The second kappa shape index (κ2) is 30.6. The zero-order chi connectivity index (χ0) is 61.7. The first kappa shape index (κ1) is 65.8. The van der Waals surface area contributed by atoms with E-state index in [1.165, 1.54) is 12.8 Å². The van der Waals surface area contributed by atoms with Gasteiger partial charge in [0.15, 0.2) is 0 Å². The summed E-state index contributed by atoms with van der Waals surface area (Å²) < 4.78 is 0. The highest BCUT2D eigenvalue weighted by Crippen LogP contribution is 2.34. The molecule has 9 heterocycles. The van der Waals surface area contributed by atoms with Crippen LogP contribution >= 0.6 is 0 Å². The van der Waals surface area contributed by atoms with Gasteiger partial charge in [-0.15, -0.1) is 0 Å². The minimum atomic E-state index is -0.666. The second-order valence-electron chi connectivity index (χ2n) is 25.1. The van der Waals surface area contributed by atoms with Crippen molar-refractivity contribution in [3.63, 3.8) is 0 Å². The molecule has 88 heavy (non-hydrogen) atoms. The highest BCUT2D eigenvalue weighted by Gasteiger charge is 2.35. The summed E-state index contributed by atoms with van der Waals surface area (Å²) in [7, 11) is 6.29. The summed E-state index contributed by atoms with van der Waals surface area (Å²) in [5, 5.41) is 42.8. The molecular formula is C66H88N18O4. The van der Waals surface area contributed by atoms with Crippen LogP contribution in [0.3, 0.4) is 0 Å². The number of carbonyl (C=O) groups is 3. The van der Waals surface area contributed by atoms with E-state index in [2.05, 4.69) is 123 Å². The topological polar surface area (TPSA) is 290 Å². The number of likely N-dealkylation sites (tertiary alicyclic amines) is 3. The van der Waals surface area contributed by atoms with Crippen LogP contribution in [0.2, 0.25) is 0 Å². The maximum atomic E-state index is 12.7. The molecule has 22 heteroatoms. The largest absolute Gasteiger partial charge is 0.481 e. The van der Waals surface area contributed by atoms with E-state index in [1.807, 2.05) is 37.4 Å². The second-order valence-corrected chi connectivity index (χ2v) is 25.1. The number of piperidine rings is 2. The average molecular weight is 1200 g/mol. The number of aliphatic carboxylic acids is 1. The molecule has 9 atom stereocenters. The summed E-state index contributed by atoms with van der Waals surface area (Å²) in [4.78, 5) is 75.4. The molecule has 3 aromatic heterocycles. The van der Waals surface area contributed by atoms with E-state index in [0.29, 0.717) is 88.0 Å². The average Bonchev–Trinajstić information content (AvgIpc) is 1.81. The normalized spacial score (nSPS) is 24.5. The van der Waals surface area contributed by atoms with Crippen LogP contribution in [-0.4, -0.2) is 185 Å². The first-order valence-corrected chi connectivity index (χ1v) is 30.8. The summed E-state index contributed by atoms with van der Waals surface area (Å²) in [6.45, 7) is 17.7. The van der Waals surface area contributed by atoms with Crippen molar-refractivity contribution in [1.82, 2.24) is 55.2 Å². The van der Waals surface area contributed by atoms with Crippen LogP contribution in [0.1, 0.15) is 96.3 Å². The van der Waals surface area contributed by atoms with Crippen molar-refractivity contribution in [2.75, 3.05) is 114 Å². The molecule has 6 fully saturated rings. The number of hydrogen-bond acceptors (Lipinski definition) is 19. The molecule has 3 aromatic carbocycles. The molecule has 12 rings (SSSR count). The van der Waals surface area contributed by atoms with E-state index in [1.54, 1.807) is 43.2 Å². The number of hydrogen-bond donors (Lipinski definition) is 4. The number of aromatic nitrogens is 6. The minimum Gasteiger partial charge on any atom is -0.481 e. The molecule has 0 aliphatic carbocycles. The van der Waals surface area contributed by atoms with Crippen LogP contribution in [0.15, 0.2) is 73.6 Å². The van der Waals surface area contributed by atoms with Crippen LogP contribution in [-0.2, 0) is 14.4 Å². The molecule has 22 nitrogen and oxygen atoms in total. The van der Waals surface area contributed by atoms with Gasteiger partial charge in [0.2, 0.25) is 11.8 Å². The van der Waals surface area contributed by atoms with Gasteiger partial charge in [0, 0.05) is 121 Å². The van der Waals surface area contributed by atoms with Crippen LogP contribution in [0.25, 0.3) is 33.1 Å². The van der Waals surface area contributed by atoms with Crippen LogP contribution < -0.4 is 31.1 Å². The number of amides is 2. The Labute approximate surface area is 518 Å². The molecule has 0 saturated carbocycles. The Morgan fingerprint density at radius 2 is 0.830 bits per heavy atom. The SMILES string of the molecule is C.CN1CCC(CC(=O)O)C1.C[C@@H]1CN(c2ccc(C#N)c3nccnc23)C[C@@H]1N.C[C@@H]1CN(c2ccc(C#N)c3nccnc23)C[C@@H]1NC(=O)CC1CCCN(C)C1.C[C@@H]1CN(c2ccc(C#N)c3nccnc23)C[C@@H]1NC(=O)CC1CCCN(C)C1. The summed E-state index contributed by atoms with van der Waals surface area (Å²) in [5.41, 5.74) is 14.9. The van der Waals surface area contributed by atoms with Gasteiger partial charge >= 0.3 is 5.97 Å². The van der Waals surface area contributed by atoms with Crippen LogP contribution in [0.4, 0.5) is 17.1 Å². The number of nitrogens with zero attached hydrogens (tertiary/aromatic N) is 15. The monoisotopic (exact) mass is 1200 g/mol. The van der Waals surface area contributed by atoms with Gasteiger partial charge in [-0.2, -0.15) is 15.8 Å². The highest BCUT2D eigenvalue weighted by molar-refractivity contribution is 5.94. The lowest BCUT2D eigenvalue weighted by Gasteiger charge is -2.29. The number of rotatable bonds is 11. The summed E-state index contributed by atoms with van der Waals surface area (Å²) in [6.07, 6.45) is 17.1. The predicted molar refractivity (Wildman–Crippen MR) is 343 cm³/mol. The number of carboxylic acids is 1. The fourth-order valence-electron chi connectivity index (χ4n) is 13.4. The Balaban J connectivity index is 0.000000160. The number of carbonyl (C=O) groups excluding carboxylic acids is 2. The Morgan fingerprint density at radius 3 is 1.16 bits per heavy atom. The number of nitriles is 3. The molecule has 6 aromatic rings. The highest BCUT2D eigenvalue weighted by atomic mass is 16.4. The lowest BCUT2D eigenvalue weighted by Crippen LogP contribution is -2.42. The van der Waals surface area contributed by atoms with E-state index in [0.717, 1.165) is 131 Å². The van der Waals surface area contributed by atoms with Crippen molar-refractivity contribution in [2.45, 2.75) is 97.7 Å². The van der Waals surface area contributed by atoms with Crippen molar-refractivity contribution in [2.24, 2.45) is 41.2 Å². The molecule has 6 aliphatic heterocycles. The molecule has 5 N–H and O–H groups in total. The first-order chi connectivity index (χ1) is 42.0. The Bertz CT molecular complexity index is 3350. The minimum absolute atomic E-state index is 0. The fraction of sp³-hybridized carbons (Fsp3) is 0.545. The molecule has 6 saturated heterocycles. The zero-order valence-corrected chi connectivity index (χ0v) is 51.2. The molecule has 6 aliphatic rings. The van der Waals surface area contributed by atoms with E-state index < -0.39 is 5.97 Å². The fourth-order valence-corrected chi connectivity index (χ4v) is 13.4. The van der Waals surface area contributed by atoms with E-state index >= 15 is 0 Å². The molecule has 0 bridgehead atoms. The Hall–Kier alpha value is -8.20. The summed E-state index contributed by atoms with van der Waals surface area (Å²) in [6, 6.07) is 18.2. The standard InChI is InChI=1S/2C22H28N6O.C14H15N5.C7H13NO2.CH4/c2*1-15-12-28(19-6-5-17(11-23)21-22(19)25-8-7-24-21)14-18(15)26-20(29)10-16-4-3-9-27(2)13-16;1-9-7-19(8-11(9)16)12-3-2-10(6-15)13-14(12)18-5-4-17-13;1-8-3-2-6(5-8)4-7(9)10;/h2*5-8,15-16,18H,3-4,9-10,12-14H2,1-2H3,(H,26,29);2-5,9,11H,7-8,16H2,1H3;6H,2-5H2,1H3,(H,9,10);1H4/t2*15-,16?,18+;9-,11+;;/m111../s1. The van der Waals surface area contributed by atoms with E-state index in [9.17, 15) is 24.9 Å². The lowest BCUT2D eigenvalue weighted by molar-refractivity contribution is -0.138. The van der Waals surface area contributed by atoms with Crippen molar-refractivity contribution in [1.29, 1.82) is 15.8 Å². The quantitative estimate of drug-likeness (QED) is 0.105. The van der Waals surface area contributed by atoms with E-state index in [4.69, 9.17) is 16.1 Å².